The van der Waals surface area contributed by atoms with Crippen LogP contribution in [-0.2, 0) is 16.6 Å². The summed E-state index contributed by atoms with van der Waals surface area (Å²) >= 11 is 0. The average molecular weight is 404 g/mol. The number of nitro benzene ring substituents is 1. The number of aryl methyl sites for hydroxylation is 1. The molecule has 0 atom stereocenters. The van der Waals surface area contributed by atoms with Crippen molar-refractivity contribution in [3.05, 3.63) is 63.7 Å². The molecule has 0 saturated carbocycles. The lowest BCUT2D eigenvalue weighted by atomic mass is 10.2. The van der Waals surface area contributed by atoms with E-state index in [-0.39, 0.29) is 10.6 Å². The van der Waals surface area contributed by atoms with Crippen molar-refractivity contribution < 1.29 is 13.3 Å². The second-order valence-electron chi connectivity index (χ2n) is 7.09. The van der Waals surface area contributed by atoms with E-state index in [1.165, 1.54) is 12.1 Å². The van der Waals surface area contributed by atoms with Gasteiger partial charge in [0.1, 0.15) is 0 Å². The molecule has 1 aliphatic heterocycles. The number of piperazine rings is 1. The van der Waals surface area contributed by atoms with E-state index in [0.29, 0.717) is 11.3 Å². The molecule has 0 aliphatic carbocycles. The minimum Gasteiger partial charge on any atom is -0.304 e. The normalized spacial score (nSPS) is 16.1. The molecule has 0 radical (unpaired) electrons. The first-order chi connectivity index (χ1) is 13.2. The van der Waals surface area contributed by atoms with Crippen LogP contribution >= 0.6 is 0 Å². The molecule has 8 nitrogen and oxygen atoms in total. The molecule has 150 valence electrons. The summed E-state index contributed by atoms with van der Waals surface area (Å²) in [6, 6.07) is 11.0. The molecule has 1 heterocycles. The summed E-state index contributed by atoms with van der Waals surface area (Å²) in [5.74, 6) is 0. The molecule has 1 saturated heterocycles. The number of nitrogens with zero attached hydrogens (tertiary/aromatic N) is 3. The van der Waals surface area contributed by atoms with E-state index in [1.54, 1.807) is 19.1 Å². The van der Waals surface area contributed by atoms with Crippen LogP contribution < -0.4 is 4.72 Å². The topological polar surface area (TPSA) is 95.8 Å². The zero-order valence-corrected chi connectivity index (χ0v) is 16.8. The van der Waals surface area contributed by atoms with Gasteiger partial charge in [-0.1, -0.05) is 18.2 Å². The number of likely N-dealkylation sites (N-methyl/N-ethyl adjacent to an activating group) is 1. The first-order valence-electron chi connectivity index (χ1n) is 9.02. The van der Waals surface area contributed by atoms with E-state index in [0.717, 1.165) is 44.4 Å². The number of sulfonamides is 1. The van der Waals surface area contributed by atoms with Gasteiger partial charge in [0.15, 0.2) is 0 Å². The van der Waals surface area contributed by atoms with Crippen LogP contribution in [-0.4, -0.2) is 56.4 Å². The van der Waals surface area contributed by atoms with Crippen molar-refractivity contribution in [3.63, 3.8) is 0 Å². The van der Waals surface area contributed by atoms with E-state index < -0.39 is 14.9 Å². The number of nitro groups is 1. The molecule has 0 amide bonds. The Kier molecular flexibility index (Phi) is 5.97. The van der Waals surface area contributed by atoms with E-state index in [2.05, 4.69) is 21.6 Å². The van der Waals surface area contributed by atoms with E-state index in [1.807, 2.05) is 12.1 Å². The lowest BCUT2D eigenvalue weighted by Crippen LogP contribution is -2.43. The van der Waals surface area contributed by atoms with Crippen LogP contribution in [0.2, 0.25) is 0 Å². The Morgan fingerprint density at radius 2 is 1.71 bits per heavy atom. The highest BCUT2D eigenvalue weighted by Gasteiger charge is 2.21. The fraction of sp³-hybridized carbons (Fsp3) is 0.368. The van der Waals surface area contributed by atoms with Crippen LogP contribution in [0, 0.1) is 17.0 Å². The lowest BCUT2D eigenvalue weighted by molar-refractivity contribution is -0.385. The molecule has 2 aromatic rings. The Labute approximate surface area is 165 Å². The van der Waals surface area contributed by atoms with Crippen LogP contribution in [0.4, 0.5) is 11.4 Å². The van der Waals surface area contributed by atoms with Gasteiger partial charge in [0.05, 0.1) is 9.82 Å². The molecule has 1 N–H and O–H groups in total. The summed E-state index contributed by atoms with van der Waals surface area (Å²) in [4.78, 5) is 14.9. The van der Waals surface area contributed by atoms with Crippen LogP contribution in [0.3, 0.4) is 0 Å². The summed E-state index contributed by atoms with van der Waals surface area (Å²) < 4.78 is 27.9. The maximum absolute atomic E-state index is 12.7. The molecular formula is C19H24N4O4S. The molecular weight excluding hydrogens is 380 g/mol. The SMILES string of the molecule is Cc1ccc([N+](=O)[O-])cc1S(=O)(=O)Nc1ccc(CN2CCN(C)CC2)cc1. The number of rotatable bonds is 6. The fourth-order valence-corrected chi connectivity index (χ4v) is 4.47. The number of benzene rings is 2. The highest BCUT2D eigenvalue weighted by Crippen LogP contribution is 2.24. The fourth-order valence-electron chi connectivity index (χ4n) is 3.14. The number of nitrogens with one attached hydrogen (secondary N) is 1. The van der Waals surface area contributed by atoms with Crippen molar-refractivity contribution in [2.45, 2.75) is 18.4 Å². The second kappa shape index (κ2) is 8.26. The van der Waals surface area contributed by atoms with Crippen LogP contribution in [0.5, 0.6) is 0 Å². The third kappa shape index (κ3) is 4.86. The van der Waals surface area contributed by atoms with Gasteiger partial charge in [0.25, 0.3) is 15.7 Å². The highest BCUT2D eigenvalue weighted by atomic mass is 32.2. The monoisotopic (exact) mass is 404 g/mol. The van der Waals surface area contributed by atoms with Crippen LogP contribution in [0.1, 0.15) is 11.1 Å². The third-order valence-electron chi connectivity index (χ3n) is 4.88. The standard InChI is InChI=1S/C19H24N4O4S/c1-15-3-8-18(23(24)25)13-19(15)28(26,27)20-17-6-4-16(5-7-17)14-22-11-9-21(2)10-12-22/h3-8,13,20H,9-12,14H2,1-2H3. The van der Waals surface area contributed by atoms with Gasteiger partial charge in [-0.05, 0) is 37.2 Å². The minimum atomic E-state index is -3.92. The van der Waals surface area contributed by atoms with E-state index >= 15 is 0 Å². The highest BCUT2D eigenvalue weighted by molar-refractivity contribution is 7.92. The Bertz CT molecular complexity index is 952. The maximum Gasteiger partial charge on any atom is 0.270 e. The zero-order valence-electron chi connectivity index (χ0n) is 16.0. The minimum absolute atomic E-state index is 0.0942. The van der Waals surface area contributed by atoms with Crippen molar-refractivity contribution in [2.24, 2.45) is 0 Å². The van der Waals surface area contributed by atoms with Crippen LogP contribution in [0.25, 0.3) is 0 Å². The number of anilines is 1. The Morgan fingerprint density at radius 3 is 2.32 bits per heavy atom. The van der Waals surface area contributed by atoms with Crippen molar-refractivity contribution in [1.82, 2.24) is 9.80 Å². The summed E-state index contributed by atoms with van der Waals surface area (Å²) in [5, 5.41) is 11.0. The second-order valence-corrected chi connectivity index (χ2v) is 8.74. The average Bonchev–Trinajstić information content (AvgIpc) is 2.65. The van der Waals surface area contributed by atoms with Gasteiger partial charge in [-0.25, -0.2) is 8.42 Å². The molecule has 0 bridgehead atoms. The largest absolute Gasteiger partial charge is 0.304 e. The van der Waals surface area contributed by atoms with Gasteiger partial charge in [-0.2, -0.15) is 0 Å². The van der Waals surface area contributed by atoms with Gasteiger partial charge < -0.3 is 4.90 Å². The van der Waals surface area contributed by atoms with Crippen molar-refractivity contribution >= 4 is 21.4 Å². The molecule has 0 unspecified atom stereocenters. The third-order valence-corrected chi connectivity index (χ3v) is 6.40. The molecule has 2 aromatic carbocycles. The van der Waals surface area contributed by atoms with Gasteiger partial charge in [-0.3, -0.25) is 19.7 Å². The van der Waals surface area contributed by atoms with Gasteiger partial charge >= 0.3 is 0 Å². The molecule has 3 rings (SSSR count). The number of hydrogen-bond acceptors (Lipinski definition) is 6. The molecule has 0 aromatic heterocycles. The Morgan fingerprint density at radius 1 is 1.07 bits per heavy atom. The Hall–Kier alpha value is -2.49. The van der Waals surface area contributed by atoms with Crippen molar-refractivity contribution in [3.8, 4) is 0 Å². The predicted molar refractivity (Wildman–Crippen MR) is 108 cm³/mol. The predicted octanol–water partition coefficient (Wildman–Crippen LogP) is 2.45. The lowest BCUT2D eigenvalue weighted by Gasteiger charge is -2.32. The van der Waals surface area contributed by atoms with E-state index in [4.69, 9.17) is 0 Å². The summed E-state index contributed by atoms with van der Waals surface area (Å²) in [5.41, 5.74) is 1.73. The molecule has 28 heavy (non-hydrogen) atoms. The summed E-state index contributed by atoms with van der Waals surface area (Å²) in [6.07, 6.45) is 0. The summed E-state index contributed by atoms with van der Waals surface area (Å²) in [6.45, 7) is 6.54. The van der Waals surface area contributed by atoms with Gasteiger partial charge in [-0.15, -0.1) is 0 Å². The van der Waals surface area contributed by atoms with Gasteiger partial charge in [0.2, 0.25) is 0 Å². The number of hydrogen-bond donors (Lipinski definition) is 1. The van der Waals surface area contributed by atoms with Crippen molar-refractivity contribution in [2.75, 3.05) is 37.9 Å². The Balaban J connectivity index is 1.71. The number of non-ortho nitro benzene ring substituents is 1. The molecule has 1 aliphatic rings. The molecule has 1 fully saturated rings. The zero-order chi connectivity index (χ0) is 20.3. The first kappa shape index (κ1) is 20.2. The van der Waals surface area contributed by atoms with Crippen molar-refractivity contribution in [1.29, 1.82) is 0 Å². The molecule has 0 spiro atoms. The first-order valence-corrected chi connectivity index (χ1v) is 10.5. The van der Waals surface area contributed by atoms with Gasteiger partial charge in [0, 0.05) is 50.5 Å². The summed E-state index contributed by atoms with van der Waals surface area (Å²) in [7, 11) is -1.80. The van der Waals surface area contributed by atoms with E-state index in [9.17, 15) is 18.5 Å². The maximum atomic E-state index is 12.7. The smallest absolute Gasteiger partial charge is 0.270 e. The van der Waals surface area contributed by atoms with Crippen LogP contribution in [0.15, 0.2) is 47.4 Å². The molecule has 9 heteroatoms. The quantitative estimate of drug-likeness (QED) is 0.587.